The van der Waals surface area contributed by atoms with Gasteiger partial charge in [0.1, 0.15) is 16.6 Å². The van der Waals surface area contributed by atoms with Crippen LogP contribution in [0.15, 0.2) is 30.6 Å². The van der Waals surface area contributed by atoms with Crippen LogP contribution in [0, 0.1) is 10.1 Å². The number of pyridine rings is 1. The largest absolute Gasteiger partial charge is 0.378 e. The molecule has 3 rings (SSSR count). The van der Waals surface area contributed by atoms with Crippen molar-refractivity contribution < 1.29 is 4.92 Å². The molecule has 10 nitrogen and oxygen atoms in total. The van der Waals surface area contributed by atoms with E-state index < -0.39 is 4.92 Å². The van der Waals surface area contributed by atoms with Crippen molar-refractivity contribution in [2.45, 2.75) is 0 Å². The first-order valence-electron chi connectivity index (χ1n) is 6.93. The van der Waals surface area contributed by atoms with Crippen molar-refractivity contribution >= 4 is 40.5 Å². The van der Waals surface area contributed by atoms with Crippen molar-refractivity contribution in [2.24, 2.45) is 0 Å². The Morgan fingerprint density at radius 3 is 2.83 bits per heavy atom. The Kier molecular flexibility index (Phi) is 4.29. The SMILES string of the molecule is Nc1nc(NCCNc2nc(Cl)cc3nccn23)ccc1[N+](=O)[O-]. The fraction of sp³-hybridized carbons (Fsp3) is 0.154. The first kappa shape index (κ1) is 15.7. The maximum absolute atomic E-state index is 10.7. The van der Waals surface area contributed by atoms with E-state index in [-0.39, 0.29) is 11.5 Å². The number of nitrogens with two attached hydrogens (primary N) is 1. The molecule has 0 spiro atoms. The third-order valence-corrected chi connectivity index (χ3v) is 3.37. The molecule has 0 saturated heterocycles. The van der Waals surface area contributed by atoms with Crippen molar-refractivity contribution in [1.29, 1.82) is 0 Å². The summed E-state index contributed by atoms with van der Waals surface area (Å²) in [5.74, 6) is 0.884. The number of aromatic nitrogens is 4. The van der Waals surface area contributed by atoms with Crippen LogP contribution in [0.4, 0.5) is 23.3 Å². The molecule has 4 N–H and O–H groups in total. The van der Waals surface area contributed by atoms with Crippen LogP contribution < -0.4 is 16.4 Å². The van der Waals surface area contributed by atoms with Gasteiger partial charge in [-0.1, -0.05) is 11.6 Å². The first-order valence-corrected chi connectivity index (χ1v) is 7.30. The number of nitro groups is 1. The highest BCUT2D eigenvalue weighted by atomic mass is 35.5. The minimum absolute atomic E-state index is 0.130. The van der Waals surface area contributed by atoms with Crippen molar-refractivity contribution in [2.75, 3.05) is 29.5 Å². The predicted octanol–water partition coefficient (Wildman–Crippen LogP) is 1.79. The van der Waals surface area contributed by atoms with Gasteiger partial charge in [0, 0.05) is 37.6 Å². The third kappa shape index (κ3) is 3.27. The second kappa shape index (κ2) is 6.54. The lowest BCUT2D eigenvalue weighted by molar-refractivity contribution is -0.384. The summed E-state index contributed by atoms with van der Waals surface area (Å²) in [6.07, 6.45) is 3.42. The molecule has 3 heterocycles. The molecule has 0 atom stereocenters. The zero-order valence-electron chi connectivity index (χ0n) is 12.3. The standard InChI is InChI=1S/C13H13ClN8O2/c14-9-7-11-17-5-6-21(11)13(19-9)18-4-3-16-10-2-1-8(22(23)24)12(15)20-10/h1-2,5-7H,3-4H2,(H,18,19)(H3,15,16,20). The minimum Gasteiger partial charge on any atom is -0.378 e. The Bertz CT molecular complexity index is 897. The lowest BCUT2D eigenvalue weighted by Gasteiger charge is -2.10. The summed E-state index contributed by atoms with van der Waals surface area (Å²) < 4.78 is 1.77. The molecule has 0 fully saturated rings. The summed E-state index contributed by atoms with van der Waals surface area (Å²) >= 11 is 5.95. The van der Waals surface area contributed by atoms with E-state index in [2.05, 4.69) is 25.6 Å². The van der Waals surface area contributed by atoms with Gasteiger partial charge >= 0.3 is 5.69 Å². The Labute approximate surface area is 140 Å². The Hall–Kier alpha value is -3.14. The first-order chi connectivity index (χ1) is 11.5. The molecule has 0 unspecified atom stereocenters. The van der Waals surface area contributed by atoms with Gasteiger partial charge in [-0.3, -0.25) is 14.5 Å². The summed E-state index contributed by atoms with van der Waals surface area (Å²) in [6, 6.07) is 4.47. The number of fused-ring (bicyclic) bond motifs is 1. The third-order valence-electron chi connectivity index (χ3n) is 3.17. The molecular formula is C13H13ClN8O2. The number of hydrogen-bond donors (Lipinski definition) is 3. The fourth-order valence-corrected chi connectivity index (χ4v) is 2.28. The Morgan fingerprint density at radius 1 is 1.29 bits per heavy atom. The van der Waals surface area contributed by atoms with Gasteiger partial charge < -0.3 is 16.4 Å². The van der Waals surface area contributed by atoms with Crippen LogP contribution in [0.5, 0.6) is 0 Å². The van der Waals surface area contributed by atoms with Crippen molar-refractivity contribution in [1.82, 2.24) is 19.4 Å². The van der Waals surface area contributed by atoms with E-state index in [1.165, 1.54) is 12.1 Å². The summed E-state index contributed by atoms with van der Waals surface area (Å²) in [5, 5.41) is 17.2. The highest BCUT2D eigenvalue weighted by Crippen LogP contribution is 2.20. The lowest BCUT2D eigenvalue weighted by atomic mass is 10.4. The van der Waals surface area contributed by atoms with Crippen LogP contribution in [-0.2, 0) is 0 Å². The van der Waals surface area contributed by atoms with E-state index in [4.69, 9.17) is 17.3 Å². The second-order valence-electron chi connectivity index (χ2n) is 4.77. The van der Waals surface area contributed by atoms with E-state index >= 15 is 0 Å². The monoisotopic (exact) mass is 348 g/mol. The average molecular weight is 349 g/mol. The van der Waals surface area contributed by atoms with Crippen LogP contribution in [0.3, 0.4) is 0 Å². The van der Waals surface area contributed by atoms with E-state index in [0.717, 1.165) is 0 Å². The minimum atomic E-state index is -0.575. The van der Waals surface area contributed by atoms with E-state index in [1.807, 2.05) is 0 Å². The van der Waals surface area contributed by atoms with Crippen LogP contribution in [0.25, 0.3) is 5.65 Å². The fourth-order valence-electron chi connectivity index (χ4n) is 2.10. The molecule has 124 valence electrons. The molecule has 11 heteroatoms. The molecule has 0 saturated carbocycles. The summed E-state index contributed by atoms with van der Waals surface area (Å²) in [4.78, 5) is 22.4. The smallest absolute Gasteiger partial charge is 0.311 e. The van der Waals surface area contributed by atoms with E-state index in [0.29, 0.717) is 35.7 Å². The molecule has 0 aliphatic heterocycles. The Balaban J connectivity index is 1.60. The number of anilines is 3. The summed E-state index contributed by atoms with van der Waals surface area (Å²) in [6.45, 7) is 1.01. The number of imidazole rings is 1. The highest BCUT2D eigenvalue weighted by molar-refractivity contribution is 6.29. The molecule has 0 bridgehead atoms. The summed E-state index contributed by atoms with van der Waals surface area (Å²) in [5.41, 5.74) is 6.01. The average Bonchev–Trinajstić information content (AvgIpc) is 2.99. The van der Waals surface area contributed by atoms with Crippen molar-refractivity contribution in [3.63, 3.8) is 0 Å². The second-order valence-corrected chi connectivity index (χ2v) is 5.16. The molecule has 3 aromatic heterocycles. The van der Waals surface area contributed by atoms with Gasteiger partial charge in [0.05, 0.1) is 4.92 Å². The number of hydrogen-bond acceptors (Lipinski definition) is 8. The molecule has 0 amide bonds. The van der Waals surface area contributed by atoms with Gasteiger partial charge in [0.25, 0.3) is 0 Å². The van der Waals surface area contributed by atoms with Gasteiger partial charge in [-0.25, -0.2) is 15.0 Å². The van der Waals surface area contributed by atoms with Crippen LogP contribution in [0.1, 0.15) is 0 Å². The topological polar surface area (TPSA) is 136 Å². The van der Waals surface area contributed by atoms with Crippen LogP contribution in [0.2, 0.25) is 5.15 Å². The molecule has 0 aliphatic rings. The highest BCUT2D eigenvalue weighted by Gasteiger charge is 2.12. The maximum atomic E-state index is 10.7. The van der Waals surface area contributed by atoms with Gasteiger partial charge in [0.15, 0.2) is 0 Å². The summed E-state index contributed by atoms with van der Waals surface area (Å²) in [7, 11) is 0. The van der Waals surface area contributed by atoms with Gasteiger partial charge in [-0.15, -0.1) is 0 Å². The molecular weight excluding hydrogens is 336 g/mol. The van der Waals surface area contributed by atoms with Gasteiger partial charge in [-0.05, 0) is 6.07 Å². The quantitative estimate of drug-likeness (QED) is 0.265. The molecule has 24 heavy (non-hydrogen) atoms. The zero-order valence-corrected chi connectivity index (χ0v) is 13.1. The molecule has 0 aliphatic carbocycles. The van der Waals surface area contributed by atoms with E-state index in [1.54, 1.807) is 22.9 Å². The zero-order chi connectivity index (χ0) is 17.1. The predicted molar refractivity (Wildman–Crippen MR) is 90.3 cm³/mol. The van der Waals surface area contributed by atoms with Crippen LogP contribution in [-0.4, -0.2) is 37.4 Å². The molecule has 0 aromatic carbocycles. The number of rotatable bonds is 6. The number of nitrogens with one attached hydrogen (secondary N) is 2. The number of nitrogens with zero attached hydrogens (tertiary/aromatic N) is 5. The van der Waals surface area contributed by atoms with Crippen LogP contribution >= 0.6 is 11.6 Å². The Morgan fingerprint density at radius 2 is 2.08 bits per heavy atom. The van der Waals surface area contributed by atoms with Crippen molar-refractivity contribution in [3.8, 4) is 0 Å². The van der Waals surface area contributed by atoms with E-state index in [9.17, 15) is 10.1 Å². The number of nitrogen functional groups attached to an aromatic ring is 1. The van der Waals surface area contributed by atoms with Crippen molar-refractivity contribution in [3.05, 3.63) is 45.9 Å². The normalized spacial score (nSPS) is 10.7. The lowest BCUT2D eigenvalue weighted by Crippen LogP contribution is -2.17. The van der Waals surface area contributed by atoms with Gasteiger partial charge in [0.2, 0.25) is 11.8 Å². The molecule has 0 radical (unpaired) electrons. The number of halogens is 1. The van der Waals surface area contributed by atoms with Gasteiger partial charge in [-0.2, -0.15) is 0 Å². The maximum Gasteiger partial charge on any atom is 0.311 e. The molecule has 3 aromatic rings.